The second-order valence-corrected chi connectivity index (χ2v) is 2.71. The van der Waals surface area contributed by atoms with Crippen molar-refractivity contribution in [3.05, 3.63) is 0 Å². The number of nitrogens with one attached hydrogen (secondary N) is 1. The van der Waals surface area contributed by atoms with Crippen LogP contribution in [0, 0.1) is 0 Å². The molecule has 0 rings (SSSR count). The van der Waals surface area contributed by atoms with Gasteiger partial charge in [-0.3, -0.25) is 0 Å². The van der Waals surface area contributed by atoms with Crippen LogP contribution < -0.4 is 11.1 Å². The molecule has 0 spiro atoms. The molecule has 0 amide bonds. The van der Waals surface area contributed by atoms with Crippen LogP contribution in [0.3, 0.4) is 0 Å². The summed E-state index contributed by atoms with van der Waals surface area (Å²) < 4.78 is 0. The first-order chi connectivity index (χ1) is 4.85. The maximum absolute atomic E-state index is 5.40. The smallest absolute Gasteiger partial charge is 0.00644 e. The molecule has 0 bridgehead atoms. The van der Waals surface area contributed by atoms with Crippen LogP contribution in [-0.4, -0.2) is 19.6 Å². The molecule has 10 heavy (non-hydrogen) atoms. The number of nitrogens with two attached hydrogens (primary N) is 1. The van der Waals surface area contributed by atoms with E-state index in [0.29, 0.717) is 6.04 Å². The van der Waals surface area contributed by atoms with Gasteiger partial charge in [-0.25, -0.2) is 0 Å². The summed E-state index contributed by atoms with van der Waals surface area (Å²) in [5.74, 6) is 0. The van der Waals surface area contributed by atoms with E-state index in [2.05, 4.69) is 12.2 Å². The Morgan fingerprint density at radius 2 is 2.10 bits per heavy atom. The second-order valence-electron chi connectivity index (χ2n) is 2.71. The highest BCUT2D eigenvalue weighted by Crippen LogP contribution is 2.02. The van der Waals surface area contributed by atoms with Gasteiger partial charge in [0.1, 0.15) is 0 Å². The predicted molar refractivity (Wildman–Crippen MR) is 46.0 cm³/mol. The highest BCUT2D eigenvalue weighted by molar-refractivity contribution is 4.63. The minimum absolute atomic E-state index is 0.688. The fraction of sp³-hybridized carbons (Fsp3) is 1.00. The predicted octanol–water partition coefficient (Wildman–Crippen LogP) is 1.11. The Kier molecular flexibility index (Phi) is 6.98. The molecule has 0 aromatic heterocycles. The fourth-order valence-electron chi connectivity index (χ4n) is 1.15. The lowest BCUT2D eigenvalue weighted by molar-refractivity contribution is 0.472. The lowest BCUT2D eigenvalue weighted by atomic mass is 10.1. The van der Waals surface area contributed by atoms with Crippen molar-refractivity contribution in [2.75, 3.05) is 13.6 Å². The summed E-state index contributed by atoms with van der Waals surface area (Å²) in [6.45, 7) is 3.04. The summed E-state index contributed by atoms with van der Waals surface area (Å²) in [6, 6.07) is 0.688. The van der Waals surface area contributed by atoms with Crippen molar-refractivity contribution in [2.24, 2.45) is 5.73 Å². The van der Waals surface area contributed by atoms with Gasteiger partial charge in [0, 0.05) is 6.04 Å². The molecule has 2 nitrogen and oxygen atoms in total. The molecule has 1 atom stereocenters. The van der Waals surface area contributed by atoms with Gasteiger partial charge in [0.2, 0.25) is 0 Å². The Hall–Kier alpha value is -0.0800. The number of hydrogen-bond acceptors (Lipinski definition) is 2. The Morgan fingerprint density at radius 1 is 1.40 bits per heavy atom. The quantitative estimate of drug-likeness (QED) is 0.586. The molecule has 3 N–H and O–H groups in total. The first-order valence-corrected chi connectivity index (χ1v) is 4.22. The largest absolute Gasteiger partial charge is 0.330 e. The molecule has 0 fully saturated rings. The summed E-state index contributed by atoms with van der Waals surface area (Å²) in [4.78, 5) is 0. The molecule has 0 aromatic carbocycles. The zero-order valence-electron chi connectivity index (χ0n) is 7.19. The molecule has 0 radical (unpaired) electrons. The maximum atomic E-state index is 5.40. The van der Waals surface area contributed by atoms with Gasteiger partial charge < -0.3 is 11.1 Å². The molecule has 0 heterocycles. The minimum atomic E-state index is 0.688. The topological polar surface area (TPSA) is 38.0 Å². The second kappa shape index (κ2) is 7.03. The Labute approximate surface area is 64.2 Å². The monoisotopic (exact) mass is 144 g/mol. The van der Waals surface area contributed by atoms with E-state index in [4.69, 9.17) is 5.73 Å². The van der Waals surface area contributed by atoms with Crippen molar-refractivity contribution < 1.29 is 0 Å². The molecule has 0 saturated heterocycles. The van der Waals surface area contributed by atoms with Crippen molar-refractivity contribution >= 4 is 0 Å². The van der Waals surface area contributed by atoms with Gasteiger partial charge >= 0.3 is 0 Å². The summed E-state index contributed by atoms with van der Waals surface area (Å²) in [5, 5.41) is 3.28. The summed E-state index contributed by atoms with van der Waals surface area (Å²) in [5.41, 5.74) is 5.40. The van der Waals surface area contributed by atoms with Gasteiger partial charge in [-0.15, -0.1) is 0 Å². The Morgan fingerprint density at radius 3 is 2.50 bits per heavy atom. The van der Waals surface area contributed by atoms with Crippen LogP contribution >= 0.6 is 0 Å². The van der Waals surface area contributed by atoms with Gasteiger partial charge in [-0.1, -0.05) is 13.3 Å². The van der Waals surface area contributed by atoms with E-state index in [1.807, 2.05) is 7.05 Å². The number of hydrogen-bond donors (Lipinski definition) is 2. The molecule has 2 heteroatoms. The van der Waals surface area contributed by atoms with E-state index < -0.39 is 0 Å². The first kappa shape index (κ1) is 9.92. The van der Waals surface area contributed by atoms with Gasteiger partial charge in [0.25, 0.3) is 0 Å². The third-order valence-electron chi connectivity index (χ3n) is 1.80. The highest BCUT2D eigenvalue weighted by Gasteiger charge is 2.01. The van der Waals surface area contributed by atoms with E-state index >= 15 is 0 Å². The van der Waals surface area contributed by atoms with Crippen molar-refractivity contribution in [1.82, 2.24) is 5.32 Å². The van der Waals surface area contributed by atoms with E-state index in [1.54, 1.807) is 0 Å². The maximum Gasteiger partial charge on any atom is 0.00644 e. The van der Waals surface area contributed by atoms with Crippen LogP contribution in [0.4, 0.5) is 0 Å². The number of rotatable bonds is 6. The zero-order valence-corrected chi connectivity index (χ0v) is 7.19. The van der Waals surface area contributed by atoms with Gasteiger partial charge in [0.15, 0.2) is 0 Å². The molecule has 62 valence electrons. The van der Waals surface area contributed by atoms with Gasteiger partial charge in [-0.05, 0) is 32.9 Å². The molecule has 0 aliphatic rings. The molecule has 0 aliphatic carbocycles. The zero-order chi connectivity index (χ0) is 7.82. The lowest BCUT2D eigenvalue weighted by Crippen LogP contribution is -2.25. The fourth-order valence-corrected chi connectivity index (χ4v) is 1.15. The Bertz CT molecular complexity index is 64.3. The van der Waals surface area contributed by atoms with Crippen LogP contribution in [0.2, 0.25) is 0 Å². The first-order valence-electron chi connectivity index (χ1n) is 4.22. The van der Waals surface area contributed by atoms with Gasteiger partial charge in [0.05, 0.1) is 0 Å². The lowest BCUT2D eigenvalue weighted by Gasteiger charge is -2.13. The Balaban J connectivity index is 3.21. The van der Waals surface area contributed by atoms with Crippen LogP contribution in [0.15, 0.2) is 0 Å². The summed E-state index contributed by atoms with van der Waals surface area (Å²) >= 11 is 0. The molecule has 1 unspecified atom stereocenters. The van der Waals surface area contributed by atoms with E-state index in [9.17, 15) is 0 Å². The van der Waals surface area contributed by atoms with Crippen molar-refractivity contribution in [2.45, 2.75) is 38.6 Å². The van der Waals surface area contributed by atoms with Gasteiger partial charge in [-0.2, -0.15) is 0 Å². The molecule has 0 aliphatic heterocycles. The molecule has 0 aromatic rings. The van der Waals surface area contributed by atoms with E-state index in [-0.39, 0.29) is 0 Å². The SMILES string of the molecule is CCCC(CCCN)NC. The molecule has 0 saturated carbocycles. The highest BCUT2D eigenvalue weighted by atomic mass is 14.9. The summed E-state index contributed by atoms with van der Waals surface area (Å²) in [7, 11) is 2.02. The van der Waals surface area contributed by atoms with E-state index in [0.717, 1.165) is 13.0 Å². The van der Waals surface area contributed by atoms with Crippen molar-refractivity contribution in [3.63, 3.8) is 0 Å². The van der Waals surface area contributed by atoms with E-state index in [1.165, 1.54) is 19.3 Å². The van der Waals surface area contributed by atoms with Crippen LogP contribution in [0.1, 0.15) is 32.6 Å². The van der Waals surface area contributed by atoms with Crippen molar-refractivity contribution in [1.29, 1.82) is 0 Å². The average molecular weight is 144 g/mol. The minimum Gasteiger partial charge on any atom is -0.330 e. The summed E-state index contributed by atoms with van der Waals surface area (Å²) in [6.07, 6.45) is 4.90. The average Bonchev–Trinajstić information content (AvgIpc) is 1.98. The van der Waals surface area contributed by atoms with Crippen molar-refractivity contribution in [3.8, 4) is 0 Å². The van der Waals surface area contributed by atoms with Crippen LogP contribution in [0.25, 0.3) is 0 Å². The normalized spacial score (nSPS) is 13.5. The van der Waals surface area contributed by atoms with Crippen LogP contribution in [-0.2, 0) is 0 Å². The third kappa shape index (κ3) is 4.77. The third-order valence-corrected chi connectivity index (χ3v) is 1.80. The molecular weight excluding hydrogens is 124 g/mol. The standard InChI is InChI=1S/C8H20N2/c1-3-5-8(10-2)6-4-7-9/h8,10H,3-7,9H2,1-2H3. The molecular formula is C8H20N2. The van der Waals surface area contributed by atoms with Crippen LogP contribution in [0.5, 0.6) is 0 Å².